The molecule has 0 aliphatic carbocycles. The predicted molar refractivity (Wildman–Crippen MR) is 83.5 cm³/mol. The van der Waals surface area contributed by atoms with E-state index in [1.807, 2.05) is 0 Å². The Balaban J connectivity index is 2.22. The molecule has 0 radical (unpaired) electrons. The standard InChI is InChI=1S/C14H18BrNO2S/c1-13(2)14(3,19-16-12(17-4)18-13)9-10-5-7-11(15)8-6-10/h5-8H,9H2,1-4H3. The van der Waals surface area contributed by atoms with E-state index in [1.165, 1.54) is 17.5 Å². The molecule has 0 amide bonds. The molecule has 5 heteroatoms. The Hall–Kier alpha value is -0.680. The van der Waals surface area contributed by atoms with Crippen molar-refractivity contribution in [1.29, 1.82) is 0 Å². The van der Waals surface area contributed by atoms with E-state index in [4.69, 9.17) is 9.47 Å². The predicted octanol–water partition coefficient (Wildman–Crippen LogP) is 4.21. The van der Waals surface area contributed by atoms with Crippen molar-refractivity contribution >= 4 is 34.0 Å². The molecular weight excluding hydrogens is 326 g/mol. The van der Waals surface area contributed by atoms with Crippen LogP contribution in [0, 0.1) is 0 Å². The van der Waals surface area contributed by atoms with E-state index in [-0.39, 0.29) is 10.3 Å². The average Bonchev–Trinajstić information content (AvgIpc) is 2.36. The maximum absolute atomic E-state index is 5.83. The van der Waals surface area contributed by atoms with Crippen LogP contribution < -0.4 is 0 Å². The topological polar surface area (TPSA) is 30.8 Å². The number of nitrogens with zero attached hydrogens (tertiary/aromatic N) is 1. The SMILES string of the molecule is COC1=NSC(C)(Cc2ccc(Br)cc2)C(C)(C)O1. The fourth-order valence-corrected chi connectivity index (χ4v) is 3.05. The van der Waals surface area contributed by atoms with Crippen LogP contribution in [0.3, 0.4) is 0 Å². The quantitative estimate of drug-likeness (QED) is 0.753. The first-order valence-corrected chi connectivity index (χ1v) is 7.66. The first kappa shape index (κ1) is 14.7. The van der Waals surface area contributed by atoms with E-state index in [0.717, 1.165) is 10.9 Å². The Kier molecular flexibility index (Phi) is 4.16. The molecule has 1 aliphatic heterocycles. The van der Waals surface area contributed by atoms with E-state index in [0.29, 0.717) is 6.08 Å². The highest BCUT2D eigenvalue weighted by atomic mass is 79.9. The molecule has 0 saturated heterocycles. The van der Waals surface area contributed by atoms with E-state index >= 15 is 0 Å². The van der Waals surface area contributed by atoms with E-state index in [2.05, 4.69) is 65.4 Å². The third kappa shape index (κ3) is 3.08. The second kappa shape index (κ2) is 5.37. The Morgan fingerprint density at radius 1 is 1.26 bits per heavy atom. The number of hydrogen-bond donors (Lipinski definition) is 0. The number of rotatable bonds is 2. The van der Waals surface area contributed by atoms with Gasteiger partial charge in [0.25, 0.3) is 0 Å². The molecule has 0 N–H and O–H groups in total. The molecule has 0 bridgehead atoms. The third-order valence-electron chi connectivity index (χ3n) is 3.57. The highest BCUT2D eigenvalue weighted by Gasteiger charge is 2.48. The fraction of sp³-hybridized carbons (Fsp3) is 0.500. The third-order valence-corrected chi connectivity index (χ3v) is 5.37. The van der Waals surface area contributed by atoms with Crippen molar-refractivity contribution in [2.24, 2.45) is 4.40 Å². The van der Waals surface area contributed by atoms with Gasteiger partial charge in [0.1, 0.15) is 5.60 Å². The van der Waals surface area contributed by atoms with Gasteiger partial charge in [0.2, 0.25) is 0 Å². The first-order valence-electron chi connectivity index (χ1n) is 6.10. The molecule has 19 heavy (non-hydrogen) atoms. The minimum Gasteiger partial charge on any atom is -0.453 e. The Morgan fingerprint density at radius 3 is 2.42 bits per heavy atom. The molecule has 0 saturated carbocycles. The average molecular weight is 344 g/mol. The number of hydrogen-bond acceptors (Lipinski definition) is 4. The summed E-state index contributed by atoms with van der Waals surface area (Å²) in [7, 11) is 1.58. The van der Waals surface area contributed by atoms with Crippen molar-refractivity contribution < 1.29 is 9.47 Å². The number of methoxy groups -OCH3 is 1. The zero-order valence-electron chi connectivity index (χ0n) is 11.6. The van der Waals surface area contributed by atoms with E-state index in [9.17, 15) is 0 Å². The van der Waals surface area contributed by atoms with Crippen molar-refractivity contribution in [3.8, 4) is 0 Å². The second-order valence-electron chi connectivity index (χ2n) is 5.30. The lowest BCUT2D eigenvalue weighted by atomic mass is 9.85. The van der Waals surface area contributed by atoms with Gasteiger partial charge in [0.05, 0.1) is 11.9 Å². The van der Waals surface area contributed by atoms with Crippen LogP contribution in [-0.4, -0.2) is 23.5 Å². The lowest BCUT2D eigenvalue weighted by molar-refractivity contribution is 0.0194. The first-order chi connectivity index (χ1) is 8.86. The number of ether oxygens (including phenoxy) is 2. The van der Waals surface area contributed by atoms with Crippen LogP contribution in [0.15, 0.2) is 33.1 Å². The monoisotopic (exact) mass is 343 g/mol. The van der Waals surface area contributed by atoms with Gasteiger partial charge in [-0.15, -0.1) is 4.40 Å². The van der Waals surface area contributed by atoms with Crippen LogP contribution in [0.4, 0.5) is 0 Å². The van der Waals surface area contributed by atoms with Gasteiger partial charge in [-0.05, 0) is 56.8 Å². The summed E-state index contributed by atoms with van der Waals surface area (Å²) in [6.07, 6.45) is 1.24. The zero-order chi connectivity index (χ0) is 14.1. The Labute approximate surface area is 127 Å². The van der Waals surface area contributed by atoms with Crippen molar-refractivity contribution in [2.45, 2.75) is 37.5 Å². The van der Waals surface area contributed by atoms with Crippen LogP contribution in [0.5, 0.6) is 0 Å². The molecule has 1 atom stereocenters. The van der Waals surface area contributed by atoms with Crippen molar-refractivity contribution in [3.05, 3.63) is 34.3 Å². The summed E-state index contributed by atoms with van der Waals surface area (Å²) in [6, 6.07) is 8.37. The largest absolute Gasteiger partial charge is 0.453 e. The molecular formula is C14H18BrNO2S. The van der Waals surface area contributed by atoms with Crippen LogP contribution >= 0.6 is 27.9 Å². The molecule has 1 heterocycles. The second-order valence-corrected chi connectivity index (χ2v) is 7.48. The zero-order valence-corrected chi connectivity index (χ0v) is 14.0. The summed E-state index contributed by atoms with van der Waals surface area (Å²) in [4.78, 5) is 0. The lowest BCUT2D eigenvalue weighted by Crippen LogP contribution is -2.52. The minimum atomic E-state index is -0.349. The van der Waals surface area contributed by atoms with Gasteiger partial charge >= 0.3 is 6.08 Å². The van der Waals surface area contributed by atoms with Gasteiger partial charge in [-0.3, -0.25) is 0 Å². The van der Waals surface area contributed by atoms with E-state index in [1.54, 1.807) is 7.11 Å². The molecule has 0 fully saturated rings. The van der Waals surface area contributed by atoms with Gasteiger partial charge < -0.3 is 9.47 Å². The van der Waals surface area contributed by atoms with Gasteiger partial charge in [0.15, 0.2) is 0 Å². The fourth-order valence-electron chi connectivity index (χ4n) is 1.91. The van der Waals surface area contributed by atoms with Crippen LogP contribution in [0.1, 0.15) is 26.3 Å². The van der Waals surface area contributed by atoms with Crippen molar-refractivity contribution in [1.82, 2.24) is 0 Å². The molecule has 1 aliphatic rings. The molecule has 0 aromatic heterocycles. The Bertz CT molecular complexity index is 487. The van der Waals surface area contributed by atoms with Crippen LogP contribution in [0.25, 0.3) is 0 Å². The smallest absolute Gasteiger partial charge is 0.395 e. The van der Waals surface area contributed by atoms with E-state index < -0.39 is 0 Å². The summed E-state index contributed by atoms with van der Waals surface area (Å²) in [5.74, 6) is 0. The summed E-state index contributed by atoms with van der Waals surface area (Å²) in [5, 5.41) is 0. The lowest BCUT2D eigenvalue weighted by Gasteiger charge is -2.44. The normalized spacial score (nSPS) is 25.4. The molecule has 1 aromatic rings. The number of halogens is 1. The highest BCUT2D eigenvalue weighted by molar-refractivity contribution is 9.10. The number of benzene rings is 1. The van der Waals surface area contributed by atoms with Crippen molar-refractivity contribution in [3.63, 3.8) is 0 Å². The van der Waals surface area contributed by atoms with Gasteiger partial charge in [0, 0.05) is 4.47 Å². The molecule has 0 spiro atoms. The maximum atomic E-state index is 5.83. The summed E-state index contributed by atoms with van der Waals surface area (Å²) in [5.41, 5.74) is 0.920. The van der Waals surface area contributed by atoms with Crippen molar-refractivity contribution in [2.75, 3.05) is 7.11 Å². The summed E-state index contributed by atoms with van der Waals surface area (Å²) in [6.45, 7) is 6.33. The molecule has 1 aromatic carbocycles. The van der Waals surface area contributed by atoms with Crippen LogP contribution in [-0.2, 0) is 15.9 Å². The summed E-state index contributed by atoms with van der Waals surface area (Å²) >= 11 is 4.99. The Morgan fingerprint density at radius 2 is 1.89 bits per heavy atom. The van der Waals surface area contributed by atoms with Gasteiger partial charge in [-0.1, -0.05) is 28.1 Å². The molecule has 3 nitrogen and oxygen atoms in total. The minimum absolute atomic E-state index is 0.136. The van der Waals surface area contributed by atoms with Crippen LogP contribution in [0.2, 0.25) is 0 Å². The van der Waals surface area contributed by atoms with Gasteiger partial charge in [-0.25, -0.2) is 0 Å². The maximum Gasteiger partial charge on any atom is 0.395 e. The highest BCUT2D eigenvalue weighted by Crippen LogP contribution is 2.45. The van der Waals surface area contributed by atoms with Gasteiger partial charge in [-0.2, -0.15) is 0 Å². The summed E-state index contributed by atoms with van der Waals surface area (Å²) < 4.78 is 16.2. The molecule has 2 rings (SSSR count). The molecule has 1 unspecified atom stereocenters. The molecule has 104 valence electrons.